The van der Waals surface area contributed by atoms with E-state index in [1.807, 2.05) is 24.4 Å². The van der Waals surface area contributed by atoms with Crippen LogP contribution in [0.1, 0.15) is 51.1 Å². The lowest BCUT2D eigenvalue weighted by atomic mass is 9.84. The zero-order valence-electron chi connectivity index (χ0n) is 13.6. The lowest BCUT2D eigenvalue weighted by Gasteiger charge is -2.28. The van der Waals surface area contributed by atoms with E-state index >= 15 is 0 Å². The third kappa shape index (κ3) is 6.06. The molecule has 2 rings (SSSR count). The summed E-state index contributed by atoms with van der Waals surface area (Å²) in [5, 5.41) is 6.60. The SMILES string of the molecule is CCCNCCC1CCC(NC(=O)/C=C/c2ccc[nH]2)CC1. The number of amides is 1. The van der Waals surface area contributed by atoms with E-state index < -0.39 is 0 Å². The predicted octanol–water partition coefficient (Wildman–Crippen LogP) is 3.09. The summed E-state index contributed by atoms with van der Waals surface area (Å²) >= 11 is 0. The Morgan fingerprint density at radius 2 is 2.14 bits per heavy atom. The highest BCUT2D eigenvalue weighted by molar-refractivity contribution is 5.91. The minimum Gasteiger partial charge on any atom is -0.362 e. The van der Waals surface area contributed by atoms with Crippen LogP contribution < -0.4 is 10.6 Å². The maximum atomic E-state index is 11.9. The summed E-state index contributed by atoms with van der Waals surface area (Å²) in [5.74, 6) is 0.842. The quantitative estimate of drug-likeness (QED) is 0.510. The van der Waals surface area contributed by atoms with Gasteiger partial charge in [-0.05, 0) is 75.7 Å². The third-order valence-electron chi connectivity index (χ3n) is 4.39. The van der Waals surface area contributed by atoms with Crippen molar-refractivity contribution in [3.8, 4) is 0 Å². The molecule has 1 aromatic heterocycles. The molecule has 1 fully saturated rings. The van der Waals surface area contributed by atoms with Crippen molar-refractivity contribution in [3.63, 3.8) is 0 Å². The molecule has 1 saturated carbocycles. The van der Waals surface area contributed by atoms with Crippen molar-refractivity contribution in [1.29, 1.82) is 0 Å². The molecule has 0 atom stereocenters. The number of hydrogen-bond acceptors (Lipinski definition) is 2. The second-order valence-corrected chi connectivity index (χ2v) is 6.22. The predicted molar refractivity (Wildman–Crippen MR) is 91.5 cm³/mol. The van der Waals surface area contributed by atoms with Crippen LogP contribution in [0.4, 0.5) is 0 Å². The lowest BCUT2D eigenvalue weighted by Crippen LogP contribution is -2.37. The van der Waals surface area contributed by atoms with Crippen LogP contribution in [0.25, 0.3) is 6.08 Å². The first-order chi connectivity index (χ1) is 10.8. The van der Waals surface area contributed by atoms with Crippen LogP contribution in [0, 0.1) is 5.92 Å². The van der Waals surface area contributed by atoms with E-state index in [0.717, 1.165) is 37.5 Å². The molecule has 0 spiro atoms. The Balaban J connectivity index is 1.61. The van der Waals surface area contributed by atoms with E-state index in [0.29, 0.717) is 6.04 Å². The van der Waals surface area contributed by atoms with Crippen LogP contribution in [0.3, 0.4) is 0 Å². The Morgan fingerprint density at radius 1 is 1.32 bits per heavy atom. The Bertz CT molecular complexity index is 445. The van der Waals surface area contributed by atoms with Gasteiger partial charge < -0.3 is 15.6 Å². The number of aromatic nitrogens is 1. The molecule has 0 radical (unpaired) electrons. The molecule has 0 bridgehead atoms. The second-order valence-electron chi connectivity index (χ2n) is 6.22. The summed E-state index contributed by atoms with van der Waals surface area (Å²) < 4.78 is 0. The van der Waals surface area contributed by atoms with Gasteiger partial charge in [-0.2, -0.15) is 0 Å². The minimum absolute atomic E-state index is 0.0164. The average molecular weight is 303 g/mol. The minimum atomic E-state index is 0.0164. The van der Waals surface area contributed by atoms with Crippen molar-refractivity contribution < 1.29 is 4.79 Å². The van der Waals surface area contributed by atoms with Gasteiger partial charge >= 0.3 is 0 Å². The van der Waals surface area contributed by atoms with Gasteiger partial charge in [-0.15, -0.1) is 0 Å². The summed E-state index contributed by atoms with van der Waals surface area (Å²) in [5.41, 5.74) is 0.957. The molecule has 4 nitrogen and oxygen atoms in total. The van der Waals surface area contributed by atoms with Crippen molar-refractivity contribution in [2.24, 2.45) is 5.92 Å². The Hall–Kier alpha value is -1.55. The van der Waals surface area contributed by atoms with E-state index in [1.54, 1.807) is 6.08 Å². The average Bonchev–Trinajstić information content (AvgIpc) is 3.05. The molecule has 0 aromatic carbocycles. The molecular formula is C18H29N3O. The van der Waals surface area contributed by atoms with Crippen LogP contribution in [-0.4, -0.2) is 30.0 Å². The molecule has 122 valence electrons. The first-order valence-electron chi connectivity index (χ1n) is 8.60. The molecule has 1 aromatic rings. The maximum absolute atomic E-state index is 11.9. The number of nitrogens with one attached hydrogen (secondary N) is 3. The third-order valence-corrected chi connectivity index (χ3v) is 4.39. The zero-order valence-corrected chi connectivity index (χ0v) is 13.6. The monoisotopic (exact) mass is 303 g/mol. The summed E-state index contributed by atoms with van der Waals surface area (Å²) in [6.45, 7) is 4.46. The summed E-state index contributed by atoms with van der Waals surface area (Å²) in [6.07, 6.45) is 12.5. The van der Waals surface area contributed by atoms with Gasteiger partial charge in [-0.25, -0.2) is 0 Å². The zero-order chi connectivity index (χ0) is 15.6. The Morgan fingerprint density at radius 3 is 2.82 bits per heavy atom. The molecule has 0 unspecified atom stereocenters. The summed E-state index contributed by atoms with van der Waals surface area (Å²) in [6, 6.07) is 4.22. The van der Waals surface area contributed by atoms with Crippen molar-refractivity contribution >= 4 is 12.0 Å². The standard InChI is InChI=1S/C18H29N3O/c1-2-12-19-14-11-15-5-7-17(8-6-15)21-18(22)10-9-16-4-3-13-20-16/h3-4,9-10,13,15,17,19-20H,2,5-8,11-12,14H2,1H3,(H,21,22)/b10-9+. The number of rotatable bonds is 8. The highest BCUT2D eigenvalue weighted by Crippen LogP contribution is 2.26. The fourth-order valence-electron chi connectivity index (χ4n) is 3.07. The van der Waals surface area contributed by atoms with Crippen molar-refractivity contribution in [1.82, 2.24) is 15.6 Å². The fraction of sp³-hybridized carbons (Fsp3) is 0.611. The molecule has 1 aliphatic rings. The summed E-state index contributed by atoms with van der Waals surface area (Å²) in [4.78, 5) is 15.0. The van der Waals surface area contributed by atoms with Crippen LogP contribution in [-0.2, 0) is 4.79 Å². The first kappa shape index (κ1) is 16.8. The van der Waals surface area contributed by atoms with Gasteiger partial charge in [-0.1, -0.05) is 6.92 Å². The molecule has 0 saturated heterocycles. The fourth-order valence-corrected chi connectivity index (χ4v) is 3.07. The van der Waals surface area contributed by atoms with E-state index in [4.69, 9.17) is 0 Å². The Labute approximate surface area is 133 Å². The van der Waals surface area contributed by atoms with Gasteiger partial charge in [-0.3, -0.25) is 4.79 Å². The number of H-pyrrole nitrogens is 1. The highest BCUT2D eigenvalue weighted by atomic mass is 16.1. The van der Waals surface area contributed by atoms with Crippen LogP contribution >= 0.6 is 0 Å². The molecule has 1 aliphatic carbocycles. The van der Waals surface area contributed by atoms with Gasteiger partial charge in [0, 0.05) is 24.0 Å². The first-order valence-corrected chi connectivity index (χ1v) is 8.60. The van der Waals surface area contributed by atoms with Crippen molar-refractivity contribution in [2.45, 2.75) is 51.5 Å². The van der Waals surface area contributed by atoms with Gasteiger partial charge in [0.2, 0.25) is 5.91 Å². The summed E-state index contributed by atoms with van der Waals surface area (Å²) in [7, 11) is 0. The van der Waals surface area contributed by atoms with E-state index in [9.17, 15) is 4.79 Å². The van der Waals surface area contributed by atoms with Gasteiger partial charge in [0.1, 0.15) is 0 Å². The van der Waals surface area contributed by atoms with Crippen LogP contribution in [0.2, 0.25) is 0 Å². The molecular weight excluding hydrogens is 274 g/mol. The normalized spacial score (nSPS) is 22.0. The molecule has 3 N–H and O–H groups in total. The van der Waals surface area contributed by atoms with Gasteiger partial charge in [0.05, 0.1) is 0 Å². The Kier molecular flexibility index (Phi) is 7.23. The number of carbonyl (C=O) groups excluding carboxylic acids is 1. The van der Waals surface area contributed by atoms with E-state index in [2.05, 4.69) is 22.5 Å². The van der Waals surface area contributed by atoms with Crippen LogP contribution in [0.15, 0.2) is 24.4 Å². The molecule has 22 heavy (non-hydrogen) atoms. The second kappa shape index (κ2) is 9.46. The van der Waals surface area contributed by atoms with Crippen molar-refractivity contribution in [2.75, 3.05) is 13.1 Å². The number of aromatic amines is 1. The van der Waals surface area contributed by atoms with Crippen LogP contribution in [0.5, 0.6) is 0 Å². The molecule has 1 heterocycles. The van der Waals surface area contributed by atoms with Gasteiger partial charge in [0.25, 0.3) is 0 Å². The lowest BCUT2D eigenvalue weighted by molar-refractivity contribution is -0.117. The van der Waals surface area contributed by atoms with E-state index in [1.165, 1.54) is 25.7 Å². The molecule has 4 heteroatoms. The van der Waals surface area contributed by atoms with Gasteiger partial charge in [0.15, 0.2) is 0 Å². The van der Waals surface area contributed by atoms with E-state index in [-0.39, 0.29) is 5.91 Å². The largest absolute Gasteiger partial charge is 0.362 e. The smallest absolute Gasteiger partial charge is 0.244 e. The van der Waals surface area contributed by atoms with Crippen molar-refractivity contribution in [3.05, 3.63) is 30.1 Å². The molecule has 0 aliphatic heterocycles. The topological polar surface area (TPSA) is 56.9 Å². The highest BCUT2D eigenvalue weighted by Gasteiger charge is 2.21. The number of hydrogen-bond donors (Lipinski definition) is 3. The molecule has 1 amide bonds. The maximum Gasteiger partial charge on any atom is 0.244 e. The number of carbonyl (C=O) groups is 1.